The Kier molecular flexibility index (Phi) is 6.17. The second-order valence-electron chi connectivity index (χ2n) is 8.91. The van der Waals surface area contributed by atoms with Gasteiger partial charge in [0, 0.05) is 36.9 Å². The van der Waals surface area contributed by atoms with Crippen molar-refractivity contribution in [2.45, 2.75) is 52.2 Å². The molecule has 0 aliphatic carbocycles. The van der Waals surface area contributed by atoms with Gasteiger partial charge in [0.05, 0.1) is 11.7 Å². The van der Waals surface area contributed by atoms with Crippen LogP contribution in [0.3, 0.4) is 0 Å². The highest BCUT2D eigenvalue weighted by atomic mass is 16.2. The minimum absolute atomic E-state index is 0.00737. The van der Waals surface area contributed by atoms with E-state index in [9.17, 15) is 14.4 Å². The molecule has 2 aromatic rings. The van der Waals surface area contributed by atoms with Crippen molar-refractivity contribution in [3.8, 4) is 0 Å². The topological polar surface area (TPSA) is 120 Å². The highest BCUT2D eigenvalue weighted by molar-refractivity contribution is 6.05. The number of hydrogen-bond donors (Lipinski definition) is 3. The van der Waals surface area contributed by atoms with Gasteiger partial charge in [0.15, 0.2) is 5.82 Å². The number of hydrogen-bond acceptors (Lipinski definition) is 6. The van der Waals surface area contributed by atoms with Crippen LogP contribution >= 0.6 is 0 Å². The van der Waals surface area contributed by atoms with Crippen LogP contribution in [0.25, 0.3) is 0 Å². The summed E-state index contributed by atoms with van der Waals surface area (Å²) < 4.78 is 0. The number of fused-ring (bicyclic) bond motifs is 4. The number of anilines is 3. The SMILES string of the molecule is CC(C)NC(=O)c1ccnc(NC(=O)N2c3nc(C(=O)NC(C)C)ccc3N3CC[C@H]2C3)c1. The third kappa shape index (κ3) is 4.74. The molecule has 3 N–H and O–H groups in total. The van der Waals surface area contributed by atoms with Crippen molar-refractivity contribution in [3.05, 3.63) is 41.7 Å². The highest BCUT2D eigenvalue weighted by Crippen LogP contribution is 2.39. The Labute approximate surface area is 192 Å². The molecule has 10 nitrogen and oxygen atoms in total. The van der Waals surface area contributed by atoms with Crippen LogP contribution < -0.4 is 25.8 Å². The summed E-state index contributed by atoms with van der Waals surface area (Å²) >= 11 is 0. The number of rotatable bonds is 5. The first-order valence-corrected chi connectivity index (χ1v) is 11.2. The molecule has 1 saturated heterocycles. The van der Waals surface area contributed by atoms with Gasteiger partial charge in [0.2, 0.25) is 0 Å². The first-order chi connectivity index (χ1) is 15.7. The summed E-state index contributed by atoms with van der Waals surface area (Å²) in [6, 6.07) is 6.17. The summed E-state index contributed by atoms with van der Waals surface area (Å²) in [5, 5.41) is 8.46. The summed E-state index contributed by atoms with van der Waals surface area (Å²) in [5.41, 5.74) is 1.48. The summed E-state index contributed by atoms with van der Waals surface area (Å²) in [4.78, 5) is 50.7. The maximum absolute atomic E-state index is 13.4. The zero-order chi connectivity index (χ0) is 23.7. The van der Waals surface area contributed by atoms with Gasteiger partial charge in [-0.3, -0.25) is 19.8 Å². The van der Waals surface area contributed by atoms with Gasteiger partial charge in [-0.15, -0.1) is 0 Å². The third-order valence-corrected chi connectivity index (χ3v) is 5.50. The van der Waals surface area contributed by atoms with Crippen LogP contribution in [0, 0.1) is 0 Å². The van der Waals surface area contributed by atoms with E-state index >= 15 is 0 Å². The fraction of sp³-hybridized carbons (Fsp3) is 0.435. The second kappa shape index (κ2) is 9.05. The molecule has 2 aliphatic rings. The van der Waals surface area contributed by atoms with E-state index in [1.807, 2.05) is 33.8 Å². The van der Waals surface area contributed by atoms with Gasteiger partial charge in [0.1, 0.15) is 11.5 Å². The Morgan fingerprint density at radius 2 is 1.76 bits per heavy atom. The Morgan fingerprint density at radius 3 is 2.48 bits per heavy atom. The van der Waals surface area contributed by atoms with Gasteiger partial charge in [-0.25, -0.2) is 14.8 Å². The van der Waals surface area contributed by atoms with Gasteiger partial charge in [0.25, 0.3) is 11.8 Å². The molecule has 2 aromatic heterocycles. The van der Waals surface area contributed by atoms with Crippen LogP contribution in [0.15, 0.2) is 30.5 Å². The van der Waals surface area contributed by atoms with E-state index in [0.29, 0.717) is 17.9 Å². The Morgan fingerprint density at radius 1 is 1.03 bits per heavy atom. The van der Waals surface area contributed by atoms with Crippen molar-refractivity contribution < 1.29 is 14.4 Å². The number of carbonyl (C=O) groups excluding carboxylic acids is 3. The summed E-state index contributed by atoms with van der Waals surface area (Å²) in [5.74, 6) is 0.199. The van der Waals surface area contributed by atoms with Gasteiger partial charge >= 0.3 is 6.03 Å². The predicted molar refractivity (Wildman–Crippen MR) is 126 cm³/mol. The summed E-state index contributed by atoms with van der Waals surface area (Å²) in [7, 11) is 0. The van der Waals surface area contributed by atoms with Gasteiger partial charge in [-0.05, 0) is 58.4 Å². The minimum atomic E-state index is -0.398. The maximum Gasteiger partial charge on any atom is 0.329 e. The van der Waals surface area contributed by atoms with E-state index in [0.717, 1.165) is 18.7 Å². The molecule has 33 heavy (non-hydrogen) atoms. The van der Waals surface area contributed by atoms with Gasteiger partial charge in [-0.1, -0.05) is 0 Å². The molecular weight excluding hydrogens is 422 g/mol. The fourth-order valence-corrected chi connectivity index (χ4v) is 4.09. The lowest BCUT2D eigenvalue weighted by molar-refractivity contribution is 0.0931. The molecule has 0 unspecified atom stereocenters. The largest absolute Gasteiger partial charge is 0.366 e. The highest BCUT2D eigenvalue weighted by Gasteiger charge is 2.40. The molecule has 0 saturated carbocycles. The van der Waals surface area contributed by atoms with Crippen molar-refractivity contribution >= 4 is 35.2 Å². The number of carbonyl (C=O) groups is 3. The van der Waals surface area contributed by atoms with E-state index in [1.165, 1.54) is 6.20 Å². The molecule has 4 rings (SSSR count). The third-order valence-electron chi connectivity index (χ3n) is 5.50. The number of pyridine rings is 2. The van der Waals surface area contributed by atoms with Crippen molar-refractivity contribution in [2.75, 3.05) is 28.2 Å². The van der Waals surface area contributed by atoms with Crippen molar-refractivity contribution in [3.63, 3.8) is 0 Å². The van der Waals surface area contributed by atoms with Crippen LogP contribution in [0.1, 0.15) is 55.0 Å². The first-order valence-electron chi connectivity index (χ1n) is 11.2. The fourth-order valence-electron chi connectivity index (χ4n) is 4.09. The lowest BCUT2D eigenvalue weighted by Gasteiger charge is -2.35. The number of aromatic nitrogens is 2. The molecule has 0 spiro atoms. The molecule has 4 heterocycles. The molecule has 10 heteroatoms. The van der Waals surface area contributed by atoms with Crippen LogP contribution in [-0.2, 0) is 0 Å². The standard InChI is InChI=1S/C23H29N7O3/c1-13(2)25-21(31)15-7-9-24-19(11-15)28-23(33)30-16-8-10-29(12-16)18-6-5-17(27-20(18)30)22(32)26-14(3)4/h5-7,9,11,13-14,16H,8,10,12H2,1-4H3,(H,25,31)(H,26,32)(H,24,28,33)/t16-/m0/s1. The average molecular weight is 452 g/mol. The van der Waals surface area contributed by atoms with E-state index in [1.54, 1.807) is 23.1 Å². The quantitative estimate of drug-likeness (QED) is 0.642. The van der Waals surface area contributed by atoms with Crippen molar-refractivity contribution in [1.29, 1.82) is 0 Å². The first kappa shape index (κ1) is 22.5. The molecule has 0 aromatic carbocycles. The molecule has 0 radical (unpaired) electrons. The predicted octanol–water partition coefficient (Wildman–Crippen LogP) is 2.38. The molecule has 2 aliphatic heterocycles. The van der Waals surface area contributed by atoms with Gasteiger partial charge in [-0.2, -0.15) is 0 Å². The molecule has 4 amide bonds. The Hall–Kier alpha value is -3.69. The molecule has 1 fully saturated rings. The molecular formula is C23H29N7O3. The van der Waals surface area contributed by atoms with Crippen molar-refractivity contribution in [1.82, 2.24) is 20.6 Å². The zero-order valence-corrected chi connectivity index (χ0v) is 19.3. The zero-order valence-electron chi connectivity index (χ0n) is 19.3. The number of nitrogens with one attached hydrogen (secondary N) is 3. The van der Waals surface area contributed by atoms with E-state index in [4.69, 9.17) is 0 Å². The summed E-state index contributed by atoms with van der Waals surface area (Å²) in [6.07, 6.45) is 2.28. The minimum Gasteiger partial charge on any atom is -0.366 e. The normalized spacial score (nSPS) is 16.6. The van der Waals surface area contributed by atoms with E-state index < -0.39 is 6.03 Å². The Bertz CT molecular complexity index is 1090. The number of amides is 4. The Balaban J connectivity index is 1.60. The molecule has 174 valence electrons. The van der Waals surface area contributed by atoms with Gasteiger partial charge < -0.3 is 15.5 Å². The van der Waals surface area contributed by atoms with Crippen molar-refractivity contribution in [2.24, 2.45) is 0 Å². The number of nitrogens with zero attached hydrogens (tertiary/aromatic N) is 4. The van der Waals surface area contributed by atoms with Crippen LogP contribution in [-0.4, -0.2) is 59.0 Å². The molecule has 1 atom stereocenters. The second-order valence-corrected chi connectivity index (χ2v) is 8.91. The maximum atomic E-state index is 13.4. The van der Waals surface area contributed by atoms with Crippen LogP contribution in [0.4, 0.5) is 22.1 Å². The monoisotopic (exact) mass is 451 g/mol. The summed E-state index contributed by atoms with van der Waals surface area (Å²) in [6.45, 7) is 9.02. The molecule has 2 bridgehead atoms. The van der Waals surface area contributed by atoms with Crippen LogP contribution in [0.5, 0.6) is 0 Å². The number of urea groups is 1. The average Bonchev–Trinajstić information content (AvgIpc) is 3.17. The van der Waals surface area contributed by atoms with E-state index in [-0.39, 0.29) is 41.5 Å². The lowest BCUT2D eigenvalue weighted by atomic mass is 10.1. The smallest absolute Gasteiger partial charge is 0.329 e. The lowest BCUT2D eigenvalue weighted by Crippen LogP contribution is -2.48. The van der Waals surface area contributed by atoms with Crippen LogP contribution in [0.2, 0.25) is 0 Å². The van der Waals surface area contributed by atoms with E-state index in [2.05, 4.69) is 30.8 Å².